The molecule has 1 unspecified atom stereocenters. The van der Waals surface area contributed by atoms with E-state index in [0.29, 0.717) is 17.8 Å². The Labute approximate surface area is 206 Å². The highest BCUT2D eigenvalue weighted by Crippen LogP contribution is 2.41. The summed E-state index contributed by atoms with van der Waals surface area (Å²) >= 11 is 0. The largest absolute Gasteiger partial charge is 0.483 e. The lowest BCUT2D eigenvalue weighted by molar-refractivity contribution is 0.0143. The second kappa shape index (κ2) is 9.37. The fourth-order valence-corrected chi connectivity index (χ4v) is 4.85. The Bertz CT molecular complexity index is 1410. The number of benzene rings is 3. The second-order valence-corrected chi connectivity index (χ2v) is 8.98. The van der Waals surface area contributed by atoms with Crippen LogP contribution in [-0.2, 0) is 16.8 Å². The van der Waals surface area contributed by atoms with Crippen molar-refractivity contribution in [1.29, 1.82) is 5.26 Å². The molecule has 0 N–H and O–H groups in total. The van der Waals surface area contributed by atoms with Gasteiger partial charge >= 0.3 is 0 Å². The normalized spacial score (nSPS) is 20.4. The van der Waals surface area contributed by atoms with Crippen molar-refractivity contribution in [2.24, 2.45) is 0 Å². The van der Waals surface area contributed by atoms with E-state index >= 15 is 0 Å². The van der Waals surface area contributed by atoms with Crippen LogP contribution in [0.4, 0.5) is 11.4 Å². The lowest BCUT2D eigenvalue weighted by Gasteiger charge is -2.36. The Morgan fingerprint density at radius 2 is 1.80 bits per heavy atom. The number of rotatable bonds is 4. The minimum Gasteiger partial charge on any atom is -0.483 e. The van der Waals surface area contributed by atoms with Gasteiger partial charge in [-0.05, 0) is 72.0 Å². The summed E-state index contributed by atoms with van der Waals surface area (Å²) in [5, 5.41) is 9.49. The third-order valence-corrected chi connectivity index (χ3v) is 6.60. The van der Waals surface area contributed by atoms with Crippen LogP contribution in [0, 0.1) is 17.9 Å². The van der Waals surface area contributed by atoms with Gasteiger partial charge in [0.1, 0.15) is 11.4 Å². The zero-order valence-electron chi connectivity index (χ0n) is 19.6. The topological polar surface area (TPSA) is 40.6 Å². The molecule has 2 aliphatic rings. The molecule has 1 atom stereocenters. The van der Waals surface area contributed by atoms with Gasteiger partial charge in [-0.2, -0.15) is 0 Å². The maximum absolute atomic E-state index is 9.49. The predicted octanol–water partition coefficient (Wildman–Crippen LogP) is 7.31. The quantitative estimate of drug-likeness (QED) is 0.306. The first-order chi connectivity index (χ1) is 17.1. The molecule has 4 nitrogen and oxygen atoms in total. The first kappa shape index (κ1) is 22.3. The molecule has 0 amide bonds. The Balaban J connectivity index is 1.44. The van der Waals surface area contributed by atoms with Crippen LogP contribution >= 0.6 is 0 Å². The van der Waals surface area contributed by atoms with Crippen molar-refractivity contribution in [3.05, 3.63) is 136 Å². The van der Waals surface area contributed by atoms with Gasteiger partial charge in [0, 0.05) is 24.3 Å². The van der Waals surface area contributed by atoms with Crippen molar-refractivity contribution < 1.29 is 4.74 Å². The standard InChI is InChI=1S/C31H25N3O/c1-31(26-9-5-3-6-10-26)21-25(29(22-32)33-2)20-28(35-31)15-13-23-14-16-30-24(19-23)17-18-34(30)27-11-7-4-8-12-27/h3-16,19-20H,17-18,21H2,1H3. The fraction of sp³-hybridized carbons (Fsp3) is 0.161. The van der Waals surface area contributed by atoms with Gasteiger partial charge in [-0.15, -0.1) is 0 Å². The van der Waals surface area contributed by atoms with E-state index in [0.717, 1.165) is 24.1 Å². The summed E-state index contributed by atoms with van der Waals surface area (Å²) in [4.78, 5) is 5.81. The first-order valence-electron chi connectivity index (χ1n) is 11.7. The molecule has 0 saturated carbocycles. The van der Waals surface area contributed by atoms with Gasteiger partial charge in [0.05, 0.1) is 12.6 Å². The Morgan fingerprint density at radius 3 is 2.51 bits per heavy atom. The van der Waals surface area contributed by atoms with Crippen LogP contribution in [0.2, 0.25) is 0 Å². The van der Waals surface area contributed by atoms with Crippen molar-refractivity contribution in [2.45, 2.75) is 25.4 Å². The van der Waals surface area contributed by atoms with Gasteiger partial charge in [-0.3, -0.25) is 0 Å². The summed E-state index contributed by atoms with van der Waals surface area (Å²) < 4.78 is 6.44. The molecule has 0 aromatic heterocycles. The average molecular weight is 456 g/mol. The number of hydrogen-bond donors (Lipinski definition) is 0. The third-order valence-electron chi connectivity index (χ3n) is 6.60. The first-order valence-corrected chi connectivity index (χ1v) is 11.7. The van der Waals surface area contributed by atoms with Crippen LogP contribution < -0.4 is 4.90 Å². The van der Waals surface area contributed by atoms with E-state index in [1.165, 1.54) is 16.9 Å². The number of nitrogens with zero attached hydrogens (tertiary/aromatic N) is 3. The zero-order valence-corrected chi connectivity index (χ0v) is 19.6. The molecule has 3 aromatic rings. The monoisotopic (exact) mass is 455 g/mol. The second-order valence-electron chi connectivity index (χ2n) is 8.98. The van der Waals surface area contributed by atoms with Gasteiger partial charge in [-0.1, -0.05) is 60.7 Å². The average Bonchev–Trinajstić information content (AvgIpc) is 3.32. The summed E-state index contributed by atoms with van der Waals surface area (Å²) in [6, 6.07) is 29.0. The molecule has 2 heterocycles. The minimum atomic E-state index is -0.661. The minimum absolute atomic E-state index is 0.111. The van der Waals surface area contributed by atoms with E-state index in [1.807, 2.05) is 67.6 Å². The summed E-state index contributed by atoms with van der Waals surface area (Å²) in [5.74, 6) is 0.639. The van der Waals surface area contributed by atoms with Crippen molar-refractivity contribution in [3.63, 3.8) is 0 Å². The number of allylic oxidation sites excluding steroid dienone is 3. The van der Waals surface area contributed by atoms with Crippen molar-refractivity contribution in [3.8, 4) is 6.07 Å². The third kappa shape index (κ3) is 4.47. The smallest absolute Gasteiger partial charge is 0.265 e. The molecule has 35 heavy (non-hydrogen) atoms. The highest BCUT2D eigenvalue weighted by atomic mass is 16.5. The Hall–Kier alpha value is -4.54. The summed E-state index contributed by atoms with van der Waals surface area (Å²) in [6.45, 7) is 10.4. The Morgan fingerprint density at radius 1 is 1.06 bits per heavy atom. The van der Waals surface area contributed by atoms with Gasteiger partial charge in [-0.25, -0.2) is 10.1 Å². The molecule has 3 aromatic carbocycles. The highest BCUT2D eigenvalue weighted by molar-refractivity contribution is 5.72. The molecular weight excluding hydrogens is 430 g/mol. The Kier molecular flexibility index (Phi) is 5.96. The number of anilines is 2. The number of fused-ring (bicyclic) bond motifs is 1. The van der Waals surface area contributed by atoms with E-state index in [2.05, 4.69) is 52.2 Å². The summed E-state index contributed by atoms with van der Waals surface area (Å²) in [5.41, 5.74) is 6.04. The van der Waals surface area contributed by atoms with E-state index in [-0.39, 0.29) is 5.70 Å². The van der Waals surface area contributed by atoms with Crippen molar-refractivity contribution >= 4 is 17.5 Å². The van der Waals surface area contributed by atoms with Gasteiger partial charge in [0.2, 0.25) is 0 Å². The molecule has 170 valence electrons. The fourth-order valence-electron chi connectivity index (χ4n) is 4.85. The van der Waals surface area contributed by atoms with Gasteiger partial charge in [0.25, 0.3) is 5.70 Å². The molecule has 0 bridgehead atoms. The molecule has 0 aliphatic carbocycles. The van der Waals surface area contributed by atoms with Crippen molar-refractivity contribution in [2.75, 3.05) is 11.4 Å². The number of nitriles is 1. The zero-order chi connectivity index (χ0) is 24.3. The van der Waals surface area contributed by atoms with E-state index < -0.39 is 5.60 Å². The molecule has 4 heteroatoms. The van der Waals surface area contributed by atoms with Crippen LogP contribution in [0.15, 0.2) is 108 Å². The summed E-state index contributed by atoms with van der Waals surface area (Å²) in [7, 11) is 0. The maximum atomic E-state index is 9.49. The van der Waals surface area contributed by atoms with E-state index in [9.17, 15) is 5.26 Å². The maximum Gasteiger partial charge on any atom is 0.265 e. The van der Waals surface area contributed by atoms with Gasteiger partial charge in [0.15, 0.2) is 0 Å². The van der Waals surface area contributed by atoms with E-state index in [1.54, 1.807) is 0 Å². The lowest BCUT2D eigenvalue weighted by Crippen LogP contribution is -2.29. The number of para-hydroxylation sites is 1. The highest BCUT2D eigenvalue weighted by Gasteiger charge is 2.34. The molecule has 5 rings (SSSR count). The molecule has 0 fully saturated rings. The molecule has 2 aliphatic heterocycles. The van der Waals surface area contributed by atoms with Gasteiger partial charge < -0.3 is 9.64 Å². The summed E-state index contributed by atoms with van der Waals surface area (Å²) in [6.07, 6.45) is 7.26. The van der Waals surface area contributed by atoms with Crippen LogP contribution in [0.1, 0.15) is 30.0 Å². The molecule has 0 spiro atoms. The van der Waals surface area contributed by atoms with Crippen LogP contribution in [0.25, 0.3) is 10.9 Å². The molecular formula is C31H25N3O. The van der Waals surface area contributed by atoms with Crippen LogP contribution in [0.5, 0.6) is 0 Å². The molecule has 0 saturated heterocycles. The van der Waals surface area contributed by atoms with E-state index in [4.69, 9.17) is 11.3 Å². The predicted molar refractivity (Wildman–Crippen MR) is 139 cm³/mol. The molecule has 0 radical (unpaired) electrons. The van der Waals surface area contributed by atoms with Crippen molar-refractivity contribution in [1.82, 2.24) is 0 Å². The lowest BCUT2D eigenvalue weighted by atomic mass is 9.85. The van der Waals surface area contributed by atoms with Crippen LogP contribution in [-0.4, -0.2) is 6.54 Å². The van der Waals surface area contributed by atoms with Crippen LogP contribution in [0.3, 0.4) is 0 Å². The SMILES string of the molecule is [C-]#[N+]C(C#N)=C1C=C(C=Cc2ccc3c(c2)CCN3c2ccccc2)OC(C)(c2ccccc2)C1. The number of ether oxygens (including phenoxy) is 1. The number of hydrogen-bond acceptors (Lipinski definition) is 3.